The monoisotopic (exact) mass is 260 g/mol. The maximum Gasteiger partial charge on any atom is 0.152 e. The second-order valence-electron chi connectivity index (χ2n) is 5.96. The van der Waals surface area contributed by atoms with Crippen molar-refractivity contribution in [2.75, 3.05) is 24.6 Å². The van der Waals surface area contributed by atoms with Crippen molar-refractivity contribution in [2.45, 2.75) is 44.7 Å². The molecule has 2 fully saturated rings. The number of hydrogen-bond donors (Lipinski definition) is 2. The first kappa shape index (κ1) is 13.3. The molecule has 0 aromatic carbocycles. The summed E-state index contributed by atoms with van der Waals surface area (Å²) in [6.07, 6.45) is 3.27. The first-order chi connectivity index (χ1) is 7.90. The molecule has 5 heteroatoms. The van der Waals surface area contributed by atoms with Gasteiger partial charge in [0.25, 0.3) is 0 Å². The first-order valence-corrected chi connectivity index (χ1v) is 8.41. The van der Waals surface area contributed by atoms with Gasteiger partial charge < -0.3 is 10.6 Å². The van der Waals surface area contributed by atoms with Gasteiger partial charge in [0.15, 0.2) is 9.84 Å². The highest BCUT2D eigenvalue weighted by atomic mass is 32.2. The summed E-state index contributed by atoms with van der Waals surface area (Å²) in [6, 6.07) is 0.490. The predicted molar refractivity (Wildman–Crippen MR) is 69.9 cm³/mol. The third-order valence-electron chi connectivity index (χ3n) is 4.18. The van der Waals surface area contributed by atoms with Gasteiger partial charge in [-0.2, -0.15) is 0 Å². The van der Waals surface area contributed by atoms with E-state index in [1.54, 1.807) is 0 Å². The summed E-state index contributed by atoms with van der Waals surface area (Å²) in [4.78, 5) is 0. The Labute approximate surface area is 104 Å². The number of rotatable bonds is 3. The summed E-state index contributed by atoms with van der Waals surface area (Å²) in [6.45, 7) is 6.27. The standard InChI is InChI=1S/C12H24N2O2S/c1-10-4-3-6-13-11(10)8-14-12(2)5-7-17(15,16)9-12/h10-11,13-14H,3-9H2,1-2H3. The molecule has 2 aliphatic rings. The van der Waals surface area contributed by atoms with Gasteiger partial charge in [-0.25, -0.2) is 8.42 Å². The summed E-state index contributed by atoms with van der Waals surface area (Å²) < 4.78 is 23.0. The van der Waals surface area contributed by atoms with E-state index in [-0.39, 0.29) is 5.54 Å². The molecule has 0 radical (unpaired) electrons. The van der Waals surface area contributed by atoms with Crippen molar-refractivity contribution in [3.8, 4) is 0 Å². The molecule has 2 heterocycles. The average Bonchev–Trinajstić information content (AvgIpc) is 2.53. The van der Waals surface area contributed by atoms with Gasteiger partial charge in [-0.3, -0.25) is 0 Å². The molecule has 0 bridgehead atoms. The van der Waals surface area contributed by atoms with Crippen LogP contribution in [0.3, 0.4) is 0 Å². The zero-order valence-electron chi connectivity index (χ0n) is 10.8. The molecule has 3 atom stereocenters. The van der Waals surface area contributed by atoms with Gasteiger partial charge in [-0.15, -0.1) is 0 Å². The summed E-state index contributed by atoms with van der Waals surface area (Å²) in [5.41, 5.74) is -0.211. The third-order valence-corrected chi connectivity index (χ3v) is 6.08. The van der Waals surface area contributed by atoms with Crippen LogP contribution in [-0.2, 0) is 9.84 Å². The largest absolute Gasteiger partial charge is 0.312 e. The lowest BCUT2D eigenvalue weighted by Gasteiger charge is -2.34. The van der Waals surface area contributed by atoms with Crippen LogP contribution in [0.5, 0.6) is 0 Å². The van der Waals surface area contributed by atoms with E-state index < -0.39 is 9.84 Å². The zero-order valence-corrected chi connectivity index (χ0v) is 11.6. The molecule has 0 aromatic heterocycles. The molecule has 2 aliphatic heterocycles. The molecular formula is C12H24N2O2S. The normalized spacial score (nSPS) is 41.5. The number of nitrogens with one attached hydrogen (secondary N) is 2. The molecule has 2 N–H and O–H groups in total. The van der Waals surface area contributed by atoms with E-state index in [1.807, 2.05) is 6.92 Å². The van der Waals surface area contributed by atoms with Gasteiger partial charge in [-0.05, 0) is 38.6 Å². The number of piperidine rings is 1. The van der Waals surface area contributed by atoms with Gasteiger partial charge >= 0.3 is 0 Å². The highest BCUT2D eigenvalue weighted by molar-refractivity contribution is 7.91. The predicted octanol–water partition coefficient (Wildman–Crippen LogP) is 0.541. The van der Waals surface area contributed by atoms with Crippen LogP contribution >= 0.6 is 0 Å². The molecule has 2 saturated heterocycles. The lowest BCUT2D eigenvalue weighted by Crippen LogP contribution is -2.53. The van der Waals surface area contributed by atoms with E-state index in [2.05, 4.69) is 17.6 Å². The van der Waals surface area contributed by atoms with Crippen LogP contribution in [0.4, 0.5) is 0 Å². The third kappa shape index (κ3) is 3.42. The summed E-state index contributed by atoms with van der Waals surface area (Å²) >= 11 is 0. The molecule has 0 saturated carbocycles. The van der Waals surface area contributed by atoms with Gasteiger partial charge in [0.05, 0.1) is 11.5 Å². The molecule has 0 spiro atoms. The zero-order chi connectivity index (χ0) is 12.5. The molecule has 17 heavy (non-hydrogen) atoms. The van der Waals surface area contributed by atoms with Crippen molar-refractivity contribution in [3.63, 3.8) is 0 Å². The van der Waals surface area contributed by atoms with E-state index in [9.17, 15) is 8.42 Å². The SMILES string of the molecule is CC1CCCNC1CNC1(C)CCS(=O)(=O)C1. The van der Waals surface area contributed by atoms with Crippen molar-refractivity contribution in [3.05, 3.63) is 0 Å². The van der Waals surface area contributed by atoms with Crippen molar-refractivity contribution in [1.29, 1.82) is 0 Å². The van der Waals surface area contributed by atoms with E-state index >= 15 is 0 Å². The van der Waals surface area contributed by atoms with Crippen LogP contribution in [0.25, 0.3) is 0 Å². The minimum Gasteiger partial charge on any atom is -0.312 e. The lowest BCUT2D eigenvalue weighted by atomic mass is 9.91. The Morgan fingerprint density at radius 3 is 2.82 bits per heavy atom. The van der Waals surface area contributed by atoms with E-state index in [4.69, 9.17) is 0 Å². The fourth-order valence-electron chi connectivity index (χ4n) is 2.89. The summed E-state index contributed by atoms with van der Waals surface area (Å²) in [5, 5.41) is 6.99. The van der Waals surface area contributed by atoms with Crippen molar-refractivity contribution in [1.82, 2.24) is 10.6 Å². The van der Waals surface area contributed by atoms with Gasteiger partial charge in [0.2, 0.25) is 0 Å². The van der Waals surface area contributed by atoms with Crippen LogP contribution < -0.4 is 10.6 Å². The second-order valence-corrected chi connectivity index (χ2v) is 8.15. The Morgan fingerprint density at radius 1 is 1.47 bits per heavy atom. The number of hydrogen-bond acceptors (Lipinski definition) is 4. The van der Waals surface area contributed by atoms with Crippen LogP contribution in [0.15, 0.2) is 0 Å². The topological polar surface area (TPSA) is 58.2 Å². The Bertz CT molecular complexity index is 369. The smallest absolute Gasteiger partial charge is 0.152 e. The lowest BCUT2D eigenvalue weighted by molar-refractivity contribution is 0.265. The Balaban J connectivity index is 1.85. The summed E-state index contributed by atoms with van der Waals surface area (Å²) in [7, 11) is -2.80. The van der Waals surface area contributed by atoms with E-state index in [1.165, 1.54) is 12.8 Å². The minimum absolute atomic E-state index is 0.211. The Morgan fingerprint density at radius 2 is 2.24 bits per heavy atom. The fraction of sp³-hybridized carbons (Fsp3) is 1.00. The fourth-order valence-corrected chi connectivity index (χ4v) is 5.02. The maximum atomic E-state index is 11.5. The molecule has 0 aromatic rings. The van der Waals surface area contributed by atoms with Crippen molar-refractivity contribution >= 4 is 9.84 Å². The van der Waals surface area contributed by atoms with Gasteiger partial charge in [0.1, 0.15) is 0 Å². The van der Waals surface area contributed by atoms with Crippen LogP contribution in [-0.4, -0.2) is 44.6 Å². The quantitative estimate of drug-likeness (QED) is 0.778. The summed E-state index contributed by atoms with van der Waals surface area (Å²) in [5.74, 6) is 1.31. The van der Waals surface area contributed by atoms with E-state index in [0.717, 1.165) is 19.5 Å². The van der Waals surface area contributed by atoms with E-state index in [0.29, 0.717) is 23.5 Å². The molecule has 3 unspecified atom stereocenters. The van der Waals surface area contributed by atoms with Gasteiger partial charge in [0, 0.05) is 18.1 Å². The molecule has 0 aliphatic carbocycles. The molecule has 100 valence electrons. The second kappa shape index (κ2) is 4.86. The van der Waals surface area contributed by atoms with Crippen LogP contribution in [0, 0.1) is 5.92 Å². The van der Waals surface area contributed by atoms with Crippen molar-refractivity contribution in [2.24, 2.45) is 5.92 Å². The maximum absolute atomic E-state index is 11.5. The van der Waals surface area contributed by atoms with Crippen LogP contribution in [0.2, 0.25) is 0 Å². The molecule has 0 amide bonds. The molecule has 2 rings (SSSR count). The first-order valence-electron chi connectivity index (χ1n) is 6.59. The average molecular weight is 260 g/mol. The molecular weight excluding hydrogens is 236 g/mol. The minimum atomic E-state index is -2.80. The number of sulfone groups is 1. The highest BCUT2D eigenvalue weighted by Crippen LogP contribution is 2.23. The Hall–Kier alpha value is -0.130. The van der Waals surface area contributed by atoms with Crippen LogP contribution in [0.1, 0.15) is 33.1 Å². The molecule has 4 nitrogen and oxygen atoms in total. The van der Waals surface area contributed by atoms with Gasteiger partial charge in [-0.1, -0.05) is 6.92 Å². The Kier molecular flexibility index (Phi) is 3.80. The highest BCUT2D eigenvalue weighted by Gasteiger charge is 2.38. The van der Waals surface area contributed by atoms with Crippen molar-refractivity contribution < 1.29 is 8.42 Å².